The number of ether oxygens (including phenoxy) is 2. The van der Waals surface area contributed by atoms with Gasteiger partial charge in [0, 0.05) is 62.5 Å². The van der Waals surface area contributed by atoms with E-state index >= 15 is 0 Å². The van der Waals surface area contributed by atoms with E-state index in [0.29, 0.717) is 29.6 Å². The van der Waals surface area contributed by atoms with E-state index in [1.54, 1.807) is 14.2 Å². The van der Waals surface area contributed by atoms with Crippen molar-refractivity contribution in [1.29, 1.82) is 0 Å². The van der Waals surface area contributed by atoms with E-state index in [2.05, 4.69) is 56.6 Å². The molecule has 6 rings (SSSR count). The van der Waals surface area contributed by atoms with Gasteiger partial charge in [-0.15, -0.1) is 0 Å². The van der Waals surface area contributed by atoms with E-state index in [1.165, 1.54) is 5.56 Å². The highest BCUT2D eigenvalue weighted by molar-refractivity contribution is 5.94. The van der Waals surface area contributed by atoms with Gasteiger partial charge in [-0.3, -0.25) is 9.78 Å². The fourth-order valence-corrected chi connectivity index (χ4v) is 6.52. The summed E-state index contributed by atoms with van der Waals surface area (Å²) in [6, 6.07) is 28.2. The van der Waals surface area contributed by atoms with Crippen LogP contribution in [0.1, 0.15) is 52.4 Å². The Balaban J connectivity index is 1.07. The number of aromatic amines is 1. The molecule has 0 radical (unpaired) electrons. The number of aromatic nitrogens is 3. The van der Waals surface area contributed by atoms with Crippen molar-refractivity contribution in [2.45, 2.75) is 37.6 Å². The van der Waals surface area contributed by atoms with Gasteiger partial charge in [-0.25, -0.2) is 4.98 Å². The molecule has 2 N–H and O–H groups in total. The third-order valence-electron chi connectivity index (χ3n) is 9.16. The van der Waals surface area contributed by atoms with E-state index in [9.17, 15) is 4.79 Å². The monoisotopic (exact) mass is 632 g/mol. The van der Waals surface area contributed by atoms with Crippen molar-refractivity contribution >= 4 is 22.9 Å². The number of fused-ring (bicyclic) bond motifs is 1. The maximum atomic E-state index is 13.2. The molecule has 9 heteroatoms. The number of hydrogen-bond acceptors (Lipinski definition) is 7. The SMILES string of the molecule is COc1ccc(C(CCN2CCC(Nc3nc4c(Cc5ccccn5)cccc4[nH]3)CC2)CN(C)C(=O)c2ccccc2)cc1OC. The summed E-state index contributed by atoms with van der Waals surface area (Å²) in [6.07, 6.45) is 5.57. The zero-order valence-electron chi connectivity index (χ0n) is 27.5. The van der Waals surface area contributed by atoms with Crippen LogP contribution in [0.5, 0.6) is 11.5 Å². The molecule has 244 valence electrons. The number of anilines is 1. The van der Waals surface area contributed by atoms with Crippen molar-refractivity contribution in [3.8, 4) is 11.5 Å². The van der Waals surface area contributed by atoms with E-state index in [4.69, 9.17) is 14.5 Å². The Bertz CT molecular complexity index is 1750. The first-order valence-corrected chi connectivity index (χ1v) is 16.4. The highest BCUT2D eigenvalue weighted by Gasteiger charge is 2.24. The molecule has 9 nitrogen and oxygen atoms in total. The van der Waals surface area contributed by atoms with Gasteiger partial charge in [-0.1, -0.05) is 42.5 Å². The number of carbonyl (C=O) groups excluding carboxylic acids is 1. The fraction of sp³-hybridized carbons (Fsp3) is 0.342. The van der Waals surface area contributed by atoms with Gasteiger partial charge in [0.2, 0.25) is 5.95 Å². The molecule has 47 heavy (non-hydrogen) atoms. The van der Waals surface area contributed by atoms with Crippen LogP contribution < -0.4 is 14.8 Å². The quantitative estimate of drug-likeness (QED) is 0.155. The highest BCUT2D eigenvalue weighted by Crippen LogP contribution is 2.33. The molecule has 1 aliphatic rings. The number of nitrogens with zero attached hydrogens (tertiary/aromatic N) is 4. The van der Waals surface area contributed by atoms with Crippen LogP contribution >= 0.6 is 0 Å². The molecule has 0 aliphatic carbocycles. The topological polar surface area (TPSA) is 95.6 Å². The van der Waals surface area contributed by atoms with E-state index in [0.717, 1.165) is 73.6 Å². The number of likely N-dealkylation sites (N-methyl/N-ethyl adjacent to an activating group) is 1. The average Bonchev–Trinajstić information content (AvgIpc) is 3.54. The number of rotatable bonds is 13. The van der Waals surface area contributed by atoms with Crippen LogP contribution in [0.2, 0.25) is 0 Å². The maximum absolute atomic E-state index is 13.2. The number of hydrogen-bond donors (Lipinski definition) is 2. The largest absolute Gasteiger partial charge is 0.493 e. The summed E-state index contributed by atoms with van der Waals surface area (Å²) in [4.78, 5) is 30.5. The number of nitrogens with one attached hydrogen (secondary N) is 2. The molecule has 1 fully saturated rings. The summed E-state index contributed by atoms with van der Waals surface area (Å²) in [7, 11) is 5.20. The minimum absolute atomic E-state index is 0.0254. The van der Waals surface area contributed by atoms with Crippen LogP contribution in [-0.4, -0.2) is 84.1 Å². The number of methoxy groups -OCH3 is 2. The molecule has 1 unspecified atom stereocenters. The first-order chi connectivity index (χ1) is 23.0. The molecule has 1 amide bonds. The number of carbonyl (C=O) groups is 1. The predicted octanol–water partition coefficient (Wildman–Crippen LogP) is 6.39. The van der Waals surface area contributed by atoms with Crippen LogP contribution in [0.15, 0.2) is 91.1 Å². The summed E-state index contributed by atoms with van der Waals surface area (Å²) in [5.74, 6) is 2.39. The number of para-hydroxylation sites is 1. The zero-order valence-corrected chi connectivity index (χ0v) is 27.5. The number of amides is 1. The van der Waals surface area contributed by atoms with Crippen LogP contribution in [0.25, 0.3) is 11.0 Å². The molecule has 1 atom stereocenters. The van der Waals surface area contributed by atoms with Crippen molar-refractivity contribution < 1.29 is 14.3 Å². The molecule has 3 heterocycles. The van der Waals surface area contributed by atoms with E-state index in [1.807, 2.05) is 66.7 Å². The molecule has 0 saturated carbocycles. The van der Waals surface area contributed by atoms with E-state index in [-0.39, 0.29) is 11.8 Å². The fourth-order valence-electron chi connectivity index (χ4n) is 6.52. The van der Waals surface area contributed by atoms with Gasteiger partial charge in [0.15, 0.2) is 11.5 Å². The molecule has 5 aromatic rings. The Kier molecular flexibility index (Phi) is 10.3. The molecule has 1 aliphatic heterocycles. The molecule has 1 saturated heterocycles. The second-order valence-corrected chi connectivity index (χ2v) is 12.3. The Labute approximate surface area is 276 Å². The number of pyridine rings is 1. The first kappa shape index (κ1) is 32.1. The Hall–Kier alpha value is -4.89. The van der Waals surface area contributed by atoms with Gasteiger partial charge in [0.05, 0.1) is 25.3 Å². The lowest BCUT2D eigenvalue weighted by Gasteiger charge is -2.34. The molecule has 0 bridgehead atoms. The molecule has 3 aromatic carbocycles. The second kappa shape index (κ2) is 15.1. The second-order valence-electron chi connectivity index (χ2n) is 12.3. The predicted molar refractivity (Wildman–Crippen MR) is 187 cm³/mol. The normalized spacial score (nSPS) is 14.5. The van der Waals surface area contributed by atoms with Gasteiger partial charge in [0.1, 0.15) is 0 Å². The van der Waals surface area contributed by atoms with Crippen LogP contribution in [0.4, 0.5) is 5.95 Å². The summed E-state index contributed by atoms with van der Waals surface area (Å²) in [5, 5.41) is 3.67. The third-order valence-corrected chi connectivity index (χ3v) is 9.16. The molecule has 0 spiro atoms. The van der Waals surface area contributed by atoms with Crippen molar-refractivity contribution in [2.24, 2.45) is 0 Å². The summed E-state index contributed by atoms with van der Waals surface area (Å²) >= 11 is 0. The number of likely N-dealkylation sites (tertiary alicyclic amines) is 1. The zero-order chi connectivity index (χ0) is 32.6. The van der Waals surface area contributed by atoms with Gasteiger partial charge in [0.25, 0.3) is 5.91 Å². The number of benzene rings is 3. The van der Waals surface area contributed by atoms with Crippen molar-refractivity contribution in [3.63, 3.8) is 0 Å². The number of H-pyrrole nitrogens is 1. The van der Waals surface area contributed by atoms with Gasteiger partial charge in [-0.05, 0) is 79.4 Å². The van der Waals surface area contributed by atoms with Gasteiger partial charge in [-0.2, -0.15) is 0 Å². The number of imidazole rings is 1. The highest BCUT2D eigenvalue weighted by atomic mass is 16.5. The lowest BCUT2D eigenvalue weighted by Crippen LogP contribution is -2.40. The van der Waals surface area contributed by atoms with Gasteiger partial charge < -0.3 is 29.6 Å². The van der Waals surface area contributed by atoms with Gasteiger partial charge >= 0.3 is 0 Å². The van der Waals surface area contributed by atoms with Crippen LogP contribution in [0.3, 0.4) is 0 Å². The lowest BCUT2D eigenvalue weighted by molar-refractivity contribution is 0.0782. The summed E-state index contributed by atoms with van der Waals surface area (Å²) in [6.45, 7) is 3.55. The summed E-state index contributed by atoms with van der Waals surface area (Å²) in [5.41, 5.74) is 6.07. The van der Waals surface area contributed by atoms with E-state index < -0.39 is 0 Å². The molecular formula is C38H44N6O3. The average molecular weight is 633 g/mol. The van der Waals surface area contributed by atoms with Crippen molar-refractivity contribution in [1.82, 2.24) is 24.8 Å². The minimum Gasteiger partial charge on any atom is -0.493 e. The maximum Gasteiger partial charge on any atom is 0.253 e. The Morgan fingerprint density at radius 3 is 2.51 bits per heavy atom. The molecule has 2 aromatic heterocycles. The third kappa shape index (κ3) is 7.92. The number of piperidine rings is 1. The van der Waals surface area contributed by atoms with Crippen molar-refractivity contribution in [2.75, 3.05) is 52.8 Å². The van der Waals surface area contributed by atoms with Crippen molar-refractivity contribution in [3.05, 3.63) is 114 Å². The standard InChI is InChI=1S/C38H44N6O3/c1-43(37(45)27-10-5-4-6-11-27)26-30(28-15-16-34(46-2)35(25-28)47-3)17-21-44-22-18-31(19-23-44)40-38-41-33-14-9-12-29(36(33)42-38)24-32-13-7-8-20-39-32/h4-16,20,25,30-31H,17-19,21-24,26H2,1-3H3,(H2,40,41,42). The Morgan fingerprint density at radius 1 is 0.979 bits per heavy atom. The summed E-state index contributed by atoms with van der Waals surface area (Å²) < 4.78 is 11.1. The Morgan fingerprint density at radius 2 is 1.77 bits per heavy atom. The smallest absolute Gasteiger partial charge is 0.253 e. The molecular weight excluding hydrogens is 588 g/mol. The van der Waals surface area contributed by atoms with Crippen LogP contribution in [0, 0.1) is 0 Å². The minimum atomic E-state index is 0.0254. The van der Waals surface area contributed by atoms with Crippen LogP contribution in [-0.2, 0) is 6.42 Å². The first-order valence-electron chi connectivity index (χ1n) is 16.4. The lowest BCUT2D eigenvalue weighted by atomic mass is 9.93.